The summed E-state index contributed by atoms with van der Waals surface area (Å²) in [5.74, 6) is 0.437. The molecule has 1 amide bonds. The third-order valence-corrected chi connectivity index (χ3v) is 4.10. The van der Waals surface area contributed by atoms with Crippen LogP contribution in [0, 0.1) is 13.8 Å². The summed E-state index contributed by atoms with van der Waals surface area (Å²) in [6.45, 7) is 5.73. The maximum atomic E-state index is 12.7. The summed E-state index contributed by atoms with van der Waals surface area (Å²) in [5, 5.41) is 2.11. The molecule has 0 saturated carbocycles. The maximum absolute atomic E-state index is 12.7. The number of aryl methyl sites for hydroxylation is 2. The number of hydrogen-bond donors (Lipinski definition) is 0. The Hall–Kier alpha value is -2.18. The van der Waals surface area contributed by atoms with Crippen molar-refractivity contribution in [3.63, 3.8) is 0 Å². The SMILES string of the molecule is Cc1cc(C)nc(N2CCN(C(=O)c3ccccc3Cl)CCO2)n1. The highest BCUT2D eigenvalue weighted by molar-refractivity contribution is 6.33. The van der Waals surface area contributed by atoms with Gasteiger partial charge in [0.1, 0.15) is 0 Å². The fourth-order valence-corrected chi connectivity index (χ4v) is 2.85. The van der Waals surface area contributed by atoms with Crippen molar-refractivity contribution in [3.8, 4) is 0 Å². The lowest BCUT2D eigenvalue weighted by Crippen LogP contribution is -2.35. The van der Waals surface area contributed by atoms with Crippen LogP contribution in [0.2, 0.25) is 5.02 Å². The topological polar surface area (TPSA) is 58.6 Å². The molecule has 0 N–H and O–H groups in total. The average molecular weight is 347 g/mol. The number of carbonyl (C=O) groups is 1. The minimum atomic E-state index is -0.0904. The van der Waals surface area contributed by atoms with Gasteiger partial charge in [-0.25, -0.2) is 15.0 Å². The van der Waals surface area contributed by atoms with Gasteiger partial charge in [0.2, 0.25) is 5.95 Å². The molecule has 2 aromatic rings. The first-order valence-corrected chi connectivity index (χ1v) is 8.19. The van der Waals surface area contributed by atoms with Crippen LogP contribution in [0.15, 0.2) is 30.3 Å². The van der Waals surface area contributed by atoms with Crippen molar-refractivity contribution in [3.05, 3.63) is 52.3 Å². The minimum absolute atomic E-state index is 0.0904. The number of anilines is 1. The van der Waals surface area contributed by atoms with Crippen LogP contribution in [-0.4, -0.2) is 47.0 Å². The van der Waals surface area contributed by atoms with Crippen LogP contribution in [-0.2, 0) is 4.84 Å². The molecule has 0 atom stereocenters. The van der Waals surface area contributed by atoms with Crippen molar-refractivity contribution >= 4 is 23.5 Å². The molecule has 1 saturated heterocycles. The number of carbonyl (C=O) groups excluding carboxylic acids is 1. The fraction of sp³-hybridized carbons (Fsp3) is 0.353. The molecule has 2 heterocycles. The minimum Gasteiger partial charge on any atom is -0.334 e. The summed E-state index contributed by atoms with van der Waals surface area (Å²) in [6.07, 6.45) is 0. The van der Waals surface area contributed by atoms with Gasteiger partial charge < -0.3 is 4.90 Å². The first-order valence-electron chi connectivity index (χ1n) is 7.81. The van der Waals surface area contributed by atoms with Gasteiger partial charge in [0.25, 0.3) is 5.91 Å². The zero-order chi connectivity index (χ0) is 17.1. The Balaban J connectivity index is 1.73. The summed E-state index contributed by atoms with van der Waals surface area (Å²) in [7, 11) is 0. The van der Waals surface area contributed by atoms with Gasteiger partial charge in [0, 0.05) is 24.5 Å². The van der Waals surface area contributed by atoms with Crippen LogP contribution in [0.4, 0.5) is 5.95 Å². The van der Waals surface area contributed by atoms with E-state index < -0.39 is 0 Å². The molecule has 1 aromatic heterocycles. The molecular weight excluding hydrogens is 328 g/mol. The van der Waals surface area contributed by atoms with Crippen molar-refractivity contribution in [1.82, 2.24) is 14.9 Å². The number of aromatic nitrogens is 2. The Morgan fingerprint density at radius 3 is 2.54 bits per heavy atom. The zero-order valence-electron chi connectivity index (χ0n) is 13.7. The van der Waals surface area contributed by atoms with Crippen molar-refractivity contribution < 1.29 is 9.63 Å². The summed E-state index contributed by atoms with van der Waals surface area (Å²) in [4.78, 5) is 28.9. The molecule has 1 fully saturated rings. The van der Waals surface area contributed by atoms with E-state index >= 15 is 0 Å². The average Bonchev–Trinajstić information content (AvgIpc) is 2.80. The number of rotatable bonds is 2. The first-order chi connectivity index (χ1) is 11.5. The van der Waals surface area contributed by atoms with Gasteiger partial charge in [0.05, 0.1) is 23.7 Å². The van der Waals surface area contributed by atoms with E-state index in [4.69, 9.17) is 16.4 Å². The highest BCUT2D eigenvalue weighted by atomic mass is 35.5. The molecular formula is C17H19ClN4O2. The second-order valence-corrected chi connectivity index (χ2v) is 6.07. The summed E-state index contributed by atoms with van der Waals surface area (Å²) in [5.41, 5.74) is 2.28. The number of hydrogen-bond acceptors (Lipinski definition) is 5. The van der Waals surface area contributed by atoms with E-state index in [0.29, 0.717) is 42.8 Å². The molecule has 7 heteroatoms. The third kappa shape index (κ3) is 3.66. The number of nitrogens with zero attached hydrogens (tertiary/aromatic N) is 4. The van der Waals surface area contributed by atoms with E-state index in [1.165, 1.54) is 0 Å². The lowest BCUT2D eigenvalue weighted by Gasteiger charge is -2.21. The van der Waals surface area contributed by atoms with Crippen LogP contribution in [0.3, 0.4) is 0 Å². The predicted octanol–water partition coefficient (Wildman–Crippen LogP) is 2.64. The lowest BCUT2D eigenvalue weighted by molar-refractivity contribution is 0.0729. The van der Waals surface area contributed by atoms with Gasteiger partial charge >= 0.3 is 0 Å². The van der Waals surface area contributed by atoms with E-state index in [-0.39, 0.29) is 5.91 Å². The Labute approximate surface area is 146 Å². The molecule has 1 aliphatic heterocycles. The molecule has 1 aromatic carbocycles. The predicted molar refractivity (Wildman–Crippen MR) is 92.2 cm³/mol. The molecule has 0 spiro atoms. The van der Waals surface area contributed by atoms with Gasteiger partial charge in [0.15, 0.2) is 0 Å². The van der Waals surface area contributed by atoms with Crippen LogP contribution >= 0.6 is 11.6 Å². The van der Waals surface area contributed by atoms with Crippen molar-refractivity contribution in [2.45, 2.75) is 13.8 Å². The van der Waals surface area contributed by atoms with Crippen LogP contribution in [0.25, 0.3) is 0 Å². The molecule has 6 nitrogen and oxygen atoms in total. The second-order valence-electron chi connectivity index (χ2n) is 5.66. The van der Waals surface area contributed by atoms with Gasteiger partial charge in [-0.2, -0.15) is 0 Å². The Morgan fingerprint density at radius 2 is 1.83 bits per heavy atom. The standard InChI is InChI=1S/C17H19ClN4O2/c1-12-11-13(2)20-17(19-12)22-8-7-21(9-10-24-22)16(23)14-5-3-4-6-15(14)18/h3-6,11H,7-10H2,1-2H3. The van der Waals surface area contributed by atoms with E-state index in [1.807, 2.05) is 32.0 Å². The number of amides is 1. The molecule has 0 aliphatic carbocycles. The monoisotopic (exact) mass is 346 g/mol. The Bertz CT molecular complexity index is 733. The van der Waals surface area contributed by atoms with Crippen LogP contribution in [0.5, 0.6) is 0 Å². The Kier molecular flexibility index (Phi) is 4.97. The number of halogens is 1. The number of benzene rings is 1. The van der Waals surface area contributed by atoms with Crippen LogP contribution in [0.1, 0.15) is 21.7 Å². The van der Waals surface area contributed by atoms with E-state index in [2.05, 4.69) is 9.97 Å². The maximum Gasteiger partial charge on any atom is 0.255 e. The van der Waals surface area contributed by atoms with Crippen molar-refractivity contribution in [2.75, 3.05) is 31.3 Å². The smallest absolute Gasteiger partial charge is 0.255 e. The van der Waals surface area contributed by atoms with Gasteiger partial charge in [-0.15, -0.1) is 0 Å². The Morgan fingerprint density at radius 1 is 1.12 bits per heavy atom. The summed E-state index contributed by atoms with van der Waals surface area (Å²) >= 11 is 6.13. The van der Waals surface area contributed by atoms with Gasteiger partial charge in [-0.1, -0.05) is 23.7 Å². The first kappa shape index (κ1) is 16.7. The van der Waals surface area contributed by atoms with E-state index in [9.17, 15) is 4.79 Å². The zero-order valence-corrected chi connectivity index (χ0v) is 14.5. The molecule has 126 valence electrons. The van der Waals surface area contributed by atoms with Crippen LogP contribution < -0.4 is 5.06 Å². The molecule has 0 bridgehead atoms. The van der Waals surface area contributed by atoms with Gasteiger partial charge in [-0.3, -0.25) is 9.63 Å². The van der Waals surface area contributed by atoms with E-state index in [0.717, 1.165) is 11.4 Å². The fourth-order valence-electron chi connectivity index (χ4n) is 2.63. The second kappa shape index (κ2) is 7.15. The van der Waals surface area contributed by atoms with E-state index in [1.54, 1.807) is 22.1 Å². The molecule has 0 radical (unpaired) electrons. The largest absolute Gasteiger partial charge is 0.334 e. The summed E-state index contributed by atoms with van der Waals surface area (Å²) < 4.78 is 0. The van der Waals surface area contributed by atoms with Crippen molar-refractivity contribution in [1.29, 1.82) is 0 Å². The number of hydroxylamine groups is 1. The van der Waals surface area contributed by atoms with Crippen molar-refractivity contribution in [2.24, 2.45) is 0 Å². The normalized spacial score (nSPS) is 15.3. The molecule has 3 rings (SSSR count). The molecule has 24 heavy (non-hydrogen) atoms. The molecule has 0 unspecified atom stereocenters. The van der Waals surface area contributed by atoms with Gasteiger partial charge in [-0.05, 0) is 32.0 Å². The highest BCUT2D eigenvalue weighted by Gasteiger charge is 2.23. The summed E-state index contributed by atoms with van der Waals surface area (Å²) in [6, 6.07) is 8.99. The lowest BCUT2D eigenvalue weighted by atomic mass is 10.2. The third-order valence-electron chi connectivity index (χ3n) is 3.77. The highest BCUT2D eigenvalue weighted by Crippen LogP contribution is 2.19. The molecule has 1 aliphatic rings. The quantitative estimate of drug-likeness (QED) is 0.836.